The standard InChI is InChI=1S/C20H20ClNO3/c1-3-22(4-2)12-16-17(23)9-8-15-19(24)18(25-20(15)16)11-13-6-5-7-14(21)10-13/h5-11,23H,3-4,12H2,1-2H3/b18-11-. The van der Waals surface area contributed by atoms with Crippen molar-refractivity contribution >= 4 is 23.5 Å². The molecule has 3 rings (SSSR count). The fraction of sp³-hybridized carbons (Fsp3) is 0.250. The molecule has 0 atom stereocenters. The molecular weight excluding hydrogens is 338 g/mol. The summed E-state index contributed by atoms with van der Waals surface area (Å²) < 4.78 is 5.82. The number of carbonyl (C=O) groups is 1. The van der Waals surface area contributed by atoms with Gasteiger partial charge in [-0.3, -0.25) is 4.79 Å². The van der Waals surface area contributed by atoms with Crippen LogP contribution in [-0.4, -0.2) is 18.9 Å². The van der Waals surface area contributed by atoms with Crippen molar-refractivity contribution in [3.63, 3.8) is 0 Å². The zero-order valence-electron chi connectivity index (χ0n) is 14.3. The maximum atomic E-state index is 12.6. The molecule has 130 valence electrons. The number of quaternary nitrogens is 1. The van der Waals surface area contributed by atoms with Crippen LogP contribution in [-0.2, 0) is 6.54 Å². The summed E-state index contributed by atoms with van der Waals surface area (Å²) in [5, 5.41) is 12.9. The van der Waals surface area contributed by atoms with Gasteiger partial charge in [0.15, 0.2) is 5.76 Å². The van der Waals surface area contributed by atoms with E-state index in [1.54, 1.807) is 24.3 Å². The van der Waals surface area contributed by atoms with Crippen LogP contribution < -0.4 is 14.7 Å². The minimum absolute atomic E-state index is 0.0880. The average Bonchev–Trinajstić information content (AvgIpc) is 2.90. The van der Waals surface area contributed by atoms with Gasteiger partial charge < -0.3 is 14.7 Å². The molecule has 25 heavy (non-hydrogen) atoms. The summed E-state index contributed by atoms with van der Waals surface area (Å²) in [5.41, 5.74) is 1.80. The Morgan fingerprint density at radius 2 is 1.96 bits per heavy atom. The van der Waals surface area contributed by atoms with E-state index in [2.05, 4.69) is 13.8 Å². The van der Waals surface area contributed by atoms with Crippen LogP contribution in [0.4, 0.5) is 0 Å². The highest BCUT2D eigenvalue weighted by Crippen LogP contribution is 2.38. The minimum Gasteiger partial charge on any atom is -0.872 e. The van der Waals surface area contributed by atoms with E-state index in [0.29, 0.717) is 28.4 Å². The number of halogens is 1. The Kier molecular flexibility index (Phi) is 5.11. The molecule has 0 unspecified atom stereocenters. The lowest BCUT2D eigenvalue weighted by Crippen LogP contribution is -3.10. The number of hydrogen-bond acceptors (Lipinski definition) is 3. The first-order chi connectivity index (χ1) is 12.0. The highest BCUT2D eigenvalue weighted by Gasteiger charge is 2.30. The van der Waals surface area contributed by atoms with Gasteiger partial charge >= 0.3 is 0 Å². The lowest BCUT2D eigenvalue weighted by atomic mass is 10.0. The molecule has 0 saturated heterocycles. The second kappa shape index (κ2) is 7.30. The number of fused-ring (bicyclic) bond motifs is 1. The van der Waals surface area contributed by atoms with Crippen LogP contribution in [0, 0.1) is 0 Å². The Morgan fingerprint density at radius 1 is 1.20 bits per heavy atom. The molecule has 4 nitrogen and oxygen atoms in total. The van der Waals surface area contributed by atoms with E-state index in [9.17, 15) is 9.90 Å². The molecule has 0 amide bonds. The summed E-state index contributed by atoms with van der Waals surface area (Å²) in [6.45, 7) is 6.50. The molecule has 2 aromatic carbocycles. The van der Waals surface area contributed by atoms with Crippen molar-refractivity contribution in [2.24, 2.45) is 0 Å². The molecule has 0 aromatic heterocycles. The van der Waals surface area contributed by atoms with Crippen molar-refractivity contribution in [1.82, 2.24) is 0 Å². The van der Waals surface area contributed by atoms with Gasteiger partial charge in [-0.25, -0.2) is 0 Å². The number of nitrogens with one attached hydrogen (secondary N) is 1. The molecule has 0 radical (unpaired) electrons. The van der Waals surface area contributed by atoms with Crippen molar-refractivity contribution in [2.45, 2.75) is 20.4 Å². The van der Waals surface area contributed by atoms with Gasteiger partial charge in [-0.1, -0.05) is 35.5 Å². The summed E-state index contributed by atoms with van der Waals surface area (Å²) in [4.78, 5) is 13.9. The van der Waals surface area contributed by atoms with Crippen LogP contribution in [0.3, 0.4) is 0 Å². The topological polar surface area (TPSA) is 53.8 Å². The van der Waals surface area contributed by atoms with E-state index in [0.717, 1.165) is 18.7 Å². The molecule has 2 aromatic rings. The zero-order chi connectivity index (χ0) is 18.0. The Morgan fingerprint density at radius 3 is 2.64 bits per heavy atom. The molecular formula is C20H20ClNO3. The molecule has 0 bridgehead atoms. The highest BCUT2D eigenvalue weighted by molar-refractivity contribution is 6.30. The lowest BCUT2D eigenvalue weighted by Gasteiger charge is -2.21. The predicted octanol–water partition coefficient (Wildman–Crippen LogP) is 2.45. The van der Waals surface area contributed by atoms with Gasteiger partial charge in [-0.05, 0) is 43.7 Å². The van der Waals surface area contributed by atoms with Crippen molar-refractivity contribution in [1.29, 1.82) is 0 Å². The van der Waals surface area contributed by atoms with Gasteiger partial charge in [0, 0.05) is 10.6 Å². The van der Waals surface area contributed by atoms with Crippen molar-refractivity contribution in [2.75, 3.05) is 13.1 Å². The molecule has 5 heteroatoms. The maximum absolute atomic E-state index is 12.6. The van der Waals surface area contributed by atoms with Crippen LogP contribution in [0.5, 0.6) is 11.5 Å². The Bertz CT molecular complexity index is 841. The van der Waals surface area contributed by atoms with E-state index in [4.69, 9.17) is 16.3 Å². The van der Waals surface area contributed by atoms with Gasteiger partial charge in [0.2, 0.25) is 5.78 Å². The second-order valence-corrected chi connectivity index (χ2v) is 6.48. The van der Waals surface area contributed by atoms with Crippen LogP contribution in [0.2, 0.25) is 5.02 Å². The Hall–Kier alpha value is -2.30. The van der Waals surface area contributed by atoms with Crippen LogP contribution in [0.25, 0.3) is 6.08 Å². The average molecular weight is 358 g/mol. The molecule has 0 spiro atoms. The Balaban J connectivity index is 1.98. The van der Waals surface area contributed by atoms with Crippen LogP contribution in [0.15, 0.2) is 42.2 Å². The van der Waals surface area contributed by atoms with E-state index < -0.39 is 0 Å². The SMILES string of the molecule is CC[NH+](CC)Cc1c([O-])ccc2c1O/C(=C\c1cccc(Cl)c1)C2=O. The first kappa shape index (κ1) is 17.5. The number of Topliss-reactive ketones (excluding diaryl/α,β-unsaturated/α-hetero) is 1. The number of carbonyl (C=O) groups excluding carboxylic acids is 1. The molecule has 1 aliphatic rings. The van der Waals surface area contributed by atoms with E-state index in [1.807, 2.05) is 12.1 Å². The zero-order valence-corrected chi connectivity index (χ0v) is 15.0. The summed E-state index contributed by atoms with van der Waals surface area (Å²) in [7, 11) is 0. The quantitative estimate of drug-likeness (QED) is 0.836. The minimum atomic E-state index is -0.203. The number of ether oxygens (including phenoxy) is 1. The normalized spacial score (nSPS) is 14.9. The fourth-order valence-corrected chi connectivity index (χ4v) is 3.15. The third-order valence-electron chi connectivity index (χ3n) is 4.47. The first-order valence-corrected chi connectivity index (χ1v) is 8.77. The molecule has 1 aliphatic heterocycles. The predicted molar refractivity (Wildman–Crippen MR) is 96.0 cm³/mol. The van der Waals surface area contributed by atoms with Crippen molar-refractivity contribution in [3.05, 3.63) is 63.9 Å². The number of benzene rings is 2. The third kappa shape index (κ3) is 3.55. The monoisotopic (exact) mass is 357 g/mol. The summed E-state index contributed by atoms with van der Waals surface area (Å²) in [5.74, 6) is 0.338. The van der Waals surface area contributed by atoms with E-state index in [-0.39, 0.29) is 17.3 Å². The lowest BCUT2D eigenvalue weighted by molar-refractivity contribution is -0.910. The maximum Gasteiger partial charge on any atom is 0.231 e. The molecule has 0 aliphatic carbocycles. The number of allylic oxidation sites excluding steroid dienone is 1. The first-order valence-electron chi connectivity index (χ1n) is 8.39. The van der Waals surface area contributed by atoms with Crippen molar-refractivity contribution in [3.8, 4) is 11.5 Å². The van der Waals surface area contributed by atoms with Crippen LogP contribution >= 0.6 is 11.6 Å². The fourth-order valence-electron chi connectivity index (χ4n) is 2.95. The summed E-state index contributed by atoms with van der Waals surface area (Å²) >= 11 is 5.99. The largest absolute Gasteiger partial charge is 0.872 e. The highest BCUT2D eigenvalue weighted by atomic mass is 35.5. The molecule has 1 heterocycles. The van der Waals surface area contributed by atoms with Gasteiger partial charge in [0.25, 0.3) is 0 Å². The smallest absolute Gasteiger partial charge is 0.231 e. The number of hydrogen-bond donors (Lipinski definition) is 1. The van der Waals surface area contributed by atoms with Gasteiger partial charge in [0.05, 0.1) is 18.7 Å². The van der Waals surface area contributed by atoms with Gasteiger partial charge in [-0.15, -0.1) is 0 Å². The number of ketones is 1. The number of rotatable bonds is 5. The Labute approximate surface area is 152 Å². The van der Waals surface area contributed by atoms with E-state index in [1.165, 1.54) is 11.0 Å². The second-order valence-electron chi connectivity index (χ2n) is 6.05. The van der Waals surface area contributed by atoms with E-state index >= 15 is 0 Å². The summed E-state index contributed by atoms with van der Waals surface area (Å²) in [6, 6.07) is 10.2. The molecule has 0 fully saturated rings. The third-order valence-corrected chi connectivity index (χ3v) is 4.71. The molecule has 0 saturated carbocycles. The summed E-state index contributed by atoms with van der Waals surface area (Å²) in [6.07, 6.45) is 1.66. The molecule has 1 N–H and O–H groups in total. The van der Waals surface area contributed by atoms with Gasteiger partial charge in [0.1, 0.15) is 12.3 Å². The van der Waals surface area contributed by atoms with Crippen LogP contribution in [0.1, 0.15) is 35.3 Å². The van der Waals surface area contributed by atoms with Crippen molar-refractivity contribution < 1.29 is 19.5 Å². The van der Waals surface area contributed by atoms with Gasteiger partial charge in [-0.2, -0.15) is 0 Å².